The van der Waals surface area contributed by atoms with Gasteiger partial charge in [-0.25, -0.2) is 4.99 Å². The molecule has 0 aliphatic carbocycles. The van der Waals surface area contributed by atoms with Crippen molar-refractivity contribution < 1.29 is 9.47 Å². The molecule has 2 aliphatic heterocycles. The third-order valence-corrected chi connectivity index (χ3v) is 6.05. The first-order valence-electron chi connectivity index (χ1n) is 11.0. The molecule has 0 spiro atoms. The van der Waals surface area contributed by atoms with Gasteiger partial charge in [-0.1, -0.05) is 0 Å². The maximum Gasteiger partial charge on any atom is 0.229 e. The lowest BCUT2D eigenvalue weighted by atomic mass is 10.0. The van der Waals surface area contributed by atoms with E-state index in [0.717, 1.165) is 37.2 Å². The summed E-state index contributed by atoms with van der Waals surface area (Å²) in [7, 11) is 7.45. The fourth-order valence-electron chi connectivity index (χ4n) is 4.09. The maximum absolute atomic E-state index is 6.85. The van der Waals surface area contributed by atoms with E-state index in [0.29, 0.717) is 29.5 Å². The topological polar surface area (TPSA) is 113 Å². The minimum Gasteiger partial charge on any atom is -0.493 e. The van der Waals surface area contributed by atoms with Gasteiger partial charge in [0.15, 0.2) is 11.5 Å². The predicted octanol–water partition coefficient (Wildman–Crippen LogP) is 1.62. The lowest BCUT2D eigenvalue weighted by Gasteiger charge is -2.40. The highest BCUT2D eigenvalue weighted by Crippen LogP contribution is 2.32. The zero-order valence-electron chi connectivity index (χ0n) is 19.6. The van der Waals surface area contributed by atoms with E-state index in [2.05, 4.69) is 39.5 Å². The van der Waals surface area contributed by atoms with Crippen LogP contribution in [-0.4, -0.2) is 74.1 Å². The second kappa shape index (κ2) is 9.63. The number of nitrogens with one attached hydrogen (secondary N) is 2. The fraction of sp³-hybridized carbons (Fsp3) is 0.435. The number of aliphatic imine (C=N–C) groups is 2. The highest BCUT2D eigenvalue weighted by atomic mass is 16.5. The number of likely N-dealkylation sites (tertiary alicyclic amines) is 1. The van der Waals surface area contributed by atoms with Gasteiger partial charge in [0, 0.05) is 42.8 Å². The molecule has 2 aromatic rings. The number of guanidine groups is 2. The zero-order chi connectivity index (χ0) is 23.4. The summed E-state index contributed by atoms with van der Waals surface area (Å²) < 4.78 is 10.9. The minimum atomic E-state index is -1.25. The van der Waals surface area contributed by atoms with E-state index in [9.17, 15) is 0 Å². The van der Waals surface area contributed by atoms with Crippen molar-refractivity contribution in [2.24, 2.45) is 15.7 Å². The molecule has 0 amide bonds. The third-order valence-electron chi connectivity index (χ3n) is 6.05. The summed E-state index contributed by atoms with van der Waals surface area (Å²) in [4.78, 5) is 18.1. The van der Waals surface area contributed by atoms with Crippen molar-refractivity contribution in [1.29, 1.82) is 0 Å². The Balaban J connectivity index is 1.66. The molecule has 0 bridgehead atoms. The number of nitrogens with zero attached hydrogens (tertiary/aromatic N) is 5. The molecule has 1 saturated heterocycles. The van der Waals surface area contributed by atoms with Crippen LogP contribution in [0.5, 0.6) is 11.5 Å². The van der Waals surface area contributed by atoms with Crippen molar-refractivity contribution in [2.75, 3.05) is 46.7 Å². The largest absolute Gasteiger partial charge is 0.493 e. The first-order chi connectivity index (χ1) is 15.9. The molecule has 4 rings (SSSR count). The number of hydrogen-bond acceptors (Lipinski definition) is 10. The molecule has 0 radical (unpaired) electrons. The Hall–Kier alpha value is -3.37. The Morgan fingerprint density at radius 2 is 1.79 bits per heavy atom. The van der Waals surface area contributed by atoms with Crippen LogP contribution in [0.3, 0.4) is 0 Å². The number of methoxy groups -OCH3 is 2. The van der Waals surface area contributed by atoms with E-state index in [1.807, 2.05) is 30.3 Å². The highest BCUT2D eigenvalue weighted by Gasteiger charge is 2.36. The Kier molecular flexibility index (Phi) is 6.66. The summed E-state index contributed by atoms with van der Waals surface area (Å²) in [6, 6.07) is 9.81. The molecule has 10 heteroatoms. The average molecular weight is 453 g/mol. The molecule has 2 aliphatic rings. The number of pyridine rings is 1. The van der Waals surface area contributed by atoms with Gasteiger partial charge in [-0.3, -0.25) is 10.7 Å². The molecular formula is C23H32N8O2. The van der Waals surface area contributed by atoms with E-state index < -0.39 is 5.79 Å². The van der Waals surface area contributed by atoms with Crippen LogP contribution >= 0.6 is 0 Å². The lowest BCUT2D eigenvalue weighted by Crippen LogP contribution is -2.60. The van der Waals surface area contributed by atoms with Crippen LogP contribution in [0.4, 0.5) is 5.69 Å². The molecule has 1 aromatic heterocycles. The number of hydrogen-bond donors (Lipinski definition) is 3. The summed E-state index contributed by atoms with van der Waals surface area (Å²) in [6.07, 6.45) is 5.52. The van der Waals surface area contributed by atoms with Crippen LogP contribution in [0.2, 0.25) is 0 Å². The predicted molar refractivity (Wildman–Crippen MR) is 130 cm³/mol. The van der Waals surface area contributed by atoms with Crippen LogP contribution < -0.4 is 25.8 Å². The van der Waals surface area contributed by atoms with Crippen molar-refractivity contribution in [3.63, 3.8) is 0 Å². The van der Waals surface area contributed by atoms with Gasteiger partial charge >= 0.3 is 0 Å². The van der Waals surface area contributed by atoms with Crippen LogP contribution in [0, 0.1) is 0 Å². The Morgan fingerprint density at radius 1 is 1.09 bits per heavy atom. The molecule has 1 unspecified atom stereocenters. The van der Waals surface area contributed by atoms with Gasteiger partial charge < -0.3 is 29.9 Å². The minimum absolute atomic E-state index is 0.418. The smallest absolute Gasteiger partial charge is 0.229 e. The number of rotatable bonds is 5. The first-order valence-corrected chi connectivity index (χ1v) is 11.0. The van der Waals surface area contributed by atoms with Crippen molar-refractivity contribution in [2.45, 2.75) is 24.7 Å². The molecule has 1 atom stereocenters. The first kappa shape index (κ1) is 22.8. The fourth-order valence-corrected chi connectivity index (χ4v) is 4.09. The second-order valence-corrected chi connectivity index (χ2v) is 8.37. The molecule has 4 N–H and O–H groups in total. The van der Waals surface area contributed by atoms with E-state index >= 15 is 0 Å². The molecule has 0 saturated carbocycles. The van der Waals surface area contributed by atoms with E-state index in [-0.39, 0.29) is 0 Å². The standard InChI is InChI=1S/C23H32N8O2/c1-30(2)18-9-13-31(14-10-18)22-27-21(26-17-7-11-25-12-8-17)28-23(24,29-22)16-5-6-19(32-3)20(15-16)33-4/h5-8,11-12,15,18H,9-10,13-14,24H2,1-4H3,(H2,25,26,27,28,29). The Bertz CT molecular complexity index is 1020. The van der Waals surface area contributed by atoms with Crippen molar-refractivity contribution >= 4 is 17.6 Å². The lowest BCUT2D eigenvalue weighted by molar-refractivity contribution is 0.185. The van der Waals surface area contributed by atoms with Crippen LogP contribution in [0.1, 0.15) is 18.4 Å². The molecule has 10 nitrogen and oxygen atoms in total. The molecule has 176 valence electrons. The van der Waals surface area contributed by atoms with E-state index in [1.165, 1.54) is 0 Å². The van der Waals surface area contributed by atoms with Gasteiger partial charge in [0.05, 0.1) is 14.2 Å². The normalized spacial score (nSPS) is 21.2. The summed E-state index contributed by atoms with van der Waals surface area (Å²) in [6.45, 7) is 1.75. The maximum atomic E-state index is 6.85. The van der Waals surface area contributed by atoms with Crippen molar-refractivity contribution in [1.82, 2.24) is 20.1 Å². The van der Waals surface area contributed by atoms with Gasteiger partial charge in [0.25, 0.3) is 0 Å². The summed E-state index contributed by atoms with van der Waals surface area (Å²) in [5, 5.41) is 6.63. The molecular weight excluding hydrogens is 420 g/mol. The number of piperidine rings is 1. The average Bonchev–Trinajstić information content (AvgIpc) is 2.84. The van der Waals surface area contributed by atoms with E-state index in [1.54, 1.807) is 26.6 Å². The monoisotopic (exact) mass is 452 g/mol. The highest BCUT2D eigenvalue weighted by molar-refractivity contribution is 6.04. The van der Waals surface area contributed by atoms with Gasteiger partial charge in [-0.2, -0.15) is 4.99 Å². The van der Waals surface area contributed by atoms with Crippen LogP contribution in [0.25, 0.3) is 0 Å². The quantitative estimate of drug-likeness (QED) is 0.627. The molecule has 3 heterocycles. The third kappa shape index (κ3) is 5.01. The number of ether oxygens (including phenoxy) is 2. The molecule has 1 aromatic carbocycles. The van der Waals surface area contributed by atoms with Gasteiger partial charge in [0.1, 0.15) is 0 Å². The number of aromatic nitrogens is 1. The summed E-state index contributed by atoms with van der Waals surface area (Å²) in [5.74, 6) is 1.07. The summed E-state index contributed by atoms with van der Waals surface area (Å²) >= 11 is 0. The SMILES string of the molecule is COc1ccc(C2(N)N=C(Nc3ccncc3)N=C(N3CCC(N(C)C)CC3)N2)cc1OC. The number of nitrogens with two attached hydrogens (primary N) is 1. The van der Waals surface area contributed by atoms with Gasteiger partial charge in [-0.05, 0) is 57.3 Å². The Labute approximate surface area is 194 Å². The zero-order valence-corrected chi connectivity index (χ0v) is 19.6. The van der Waals surface area contributed by atoms with Gasteiger partial charge in [0.2, 0.25) is 17.7 Å². The van der Waals surface area contributed by atoms with E-state index in [4.69, 9.17) is 25.2 Å². The molecule has 33 heavy (non-hydrogen) atoms. The van der Waals surface area contributed by atoms with Gasteiger partial charge in [-0.15, -0.1) is 0 Å². The second-order valence-electron chi connectivity index (χ2n) is 8.37. The van der Waals surface area contributed by atoms with Crippen molar-refractivity contribution in [3.05, 3.63) is 48.3 Å². The number of anilines is 1. The van der Waals surface area contributed by atoms with Crippen LogP contribution in [-0.2, 0) is 5.79 Å². The molecule has 1 fully saturated rings. The van der Waals surface area contributed by atoms with Crippen LogP contribution in [0.15, 0.2) is 52.7 Å². The van der Waals surface area contributed by atoms with Crippen molar-refractivity contribution in [3.8, 4) is 11.5 Å². The Morgan fingerprint density at radius 3 is 2.42 bits per heavy atom. The number of benzene rings is 1. The summed E-state index contributed by atoms with van der Waals surface area (Å²) in [5.41, 5.74) is 8.40.